The van der Waals surface area contributed by atoms with Crippen LogP contribution in [0.25, 0.3) is 0 Å². The number of imidazole rings is 1. The lowest BCUT2D eigenvalue weighted by Gasteiger charge is -2.23. The second-order valence-corrected chi connectivity index (χ2v) is 4.36. The number of aliphatic carboxylic acids is 1. The highest BCUT2D eigenvalue weighted by Gasteiger charge is 2.23. The number of carbonyl (C=O) groups excluding carboxylic acids is 1. The fourth-order valence-electron chi connectivity index (χ4n) is 1.76. The maximum atomic E-state index is 12.0. The lowest BCUT2D eigenvalue weighted by molar-refractivity contribution is -0.139. The van der Waals surface area contributed by atoms with Gasteiger partial charge in [-0.3, -0.25) is 0 Å². The average molecular weight is 280 g/mol. The zero-order valence-electron chi connectivity index (χ0n) is 11.5. The molecule has 1 aromatic heterocycles. The van der Waals surface area contributed by atoms with E-state index in [0.29, 0.717) is 18.8 Å². The van der Waals surface area contributed by atoms with Crippen LogP contribution in [0.3, 0.4) is 0 Å². The minimum atomic E-state index is -1.08. The van der Waals surface area contributed by atoms with Crippen LogP contribution in [0.15, 0.2) is 25.2 Å². The Bertz CT molecular complexity index is 444. The molecule has 0 aliphatic carbocycles. The molecule has 0 saturated carbocycles. The van der Waals surface area contributed by atoms with Crippen LogP contribution in [0, 0.1) is 0 Å². The SMILES string of the molecule is C=CCN(CCC)C(=O)N[C@H](Cc1cnc[nH]1)C(=O)O. The Balaban J connectivity index is 2.66. The normalized spacial score (nSPS) is 11.7. The standard InChI is InChI=1S/C13H20N4O3/c1-3-5-17(6-4-2)13(20)16-11(12(18)19)7-10-8-14-9-15-10/h3,8-9,11H,1,4-7H2,2H3,(H,14,15)(H,16,20)(H,18,19)/t11-/m1/s1. The lowest BCUT2D eigenvalue weighted by atomic mass is 10.1. The number of urea groups is 1. The summed E-state index contributed by atoms with van der Waals surface area (Å²) in [5.41, 5.74) is 0.656. The molecule has 0 aromatic carbocycles. The summed E-state index contributed by atoms with van der Waals surface area (Å²) >= 11 is 0. The van der Waals surface area contributed by atoms with Gasteiger partial charge in [0.05, 0.1) is 6.33 Å². The molecule has 2 amide bonds. The van der Waals surface area contributed by atoms with E-state index < -0.39 is 18.0 Å². The van der Waals surface area contributed by atoms with Gasteiger partial charge in [0.15, 0.2) is 0 Å². The third-order valence-corrected chi connectivity index (χ3v) is 2.70. The molecule has 0 radical (unpaired) electrons. The molecule has 3 N–H and O–H groups in total. The molecule has 0 saturated heterocycles. The molecule has 1 heterocycles. The van der Waals surface area contributed by atoms with Gasteiger partial charge in [-0.15, -0.1) is 6.58 Å². The van der Waals surface area contributed by atoms with E-state index in [2.05, 4.69) is 21.9 Å². The van der Waals surface area contributed by atoms with Gasteiger partial charge in [0.1, 0.15) is 6.04 Å². The third-order valence-electron chi connectivity index (χ3n) is 2.70. The summed E-state index contributed by atoms with van der Waals surface area (Å²) in [4.78, 5) is 31.4. The quantitative estimate of drug-likeness (QED) is 0.619. The van der Waals surface area contributed by atoms with Crippen molar-refractivity contribution in [3.63, 3.8) is 0 Å². The Morgan fingerprint density at radius 3 is 2.90 bits per heavy atom. The molecular weight excluding hydrogens is 260 g/mol. The number of rotatable bonds is 8. The summed E-state index contributed by atoms with van der Waals surface area (Å²) in [6.07, 6.45) is 5.57. The second kappa shape index (κ2) is 7.98. The Kier molecular flexibility index (Phi) is 6.28. The lowest BCUT2D eigenvalue weighted by Crippen LogP contribution is -2.49. The summed E-state index contributed by atoms with van der Waals surface area (Å²) in [7, 11) is 0. The third kappa shape index (κ3) is 4.75. The predicted octanol–water partition coefficient (Wildman–Crippen LogP) is 1.01. The van der Waals surface area contributed by atoms with E-state index in [0.717, 1.165) is 6.42 Å². The van der Waals surface area contributed by atoms with E-state index in [1.807, 2.05) is 6.92 Å². The van der Waals surface area contributed by atoms with Crippen molar-refractivity contribution >= 4 is 12.0 Å². The Morgan fingerprint density at radius 1 is 1.65 bits per heavy atom. The maximum absolute atomic E-state index is 12.0. The smallest absolute Gasteiger partial charge is 0.326 e. The number of carboxylic acids is 1. The molecule has 1 aromatic rings. The van der Waals surface area contributed by atoms with Crippen LogP contribution < -0.4 is 5.32 Å². The highest BCUT2D eigenvalue weighted by Crippen LogP contribution is 2.01. The highest BCUT2D eigenvalue weighted by molar-refractivity contribution is 5.82. The number of hydrogen-bond donors (Lipinski definition) is 3. The molecular formula is C13H20N4O3. The van der Waals surface area contributed by atoms with Gasteiger partial charge in [-0.25, -0.2) is 14.6 Å². The first kappa shape index (κ1) is 15.7. The van der Waals surface area contributed by atoms with Crippen LogP contribution >= 0.6 is 0 Å². The summed E-state index contributed by atoms with van der Waals surface area (Å²) < 4.78 is 0. The van der Waals surface area contributed by atoms with E-state index in [1.54, 1.807) is 6.08 Å². The van der Waals surface area contributed by atoms with Crippen LogP contribution in [-0.4, -0.2) is 51.1 Å². The molecule has 0 fully saturated rings. The molecule has 0 aliphatic heterocycles. The van der Waals surface area contributed by atoms with Crippen LogP contribution in [0.5, 0.6) is 0 Å². The van der Waals surface area contributed by atoms with E-state index in [-0.39, 0.29) is 6.42 Å². The van der Waals surface area contributed by atoms with Crippen LogP contribution in [0.1, 0.15) is 19.0 Å². The average Bonchev–Trinajstić information content (AvgIpc) is 2.90. The van der Waals surface area contributed by atoms with Crippen LogP contribution in [0.2, 0.25) is 0 Å². The van der Waals surface area contributed by atoms with Gasteiger partial charge >= 0.3 is 12.0 Å². The number of H-pyrrole nitrogens is 1. The number of carbonyl (C=O) groups is 2. The minimum Gasteiger partial charge on any atom is -0.480 e. The fourth-order valence-corrected chi connectivity index (χ4v) is 1.76. The van der Waals surface area contributed by atoms with E-state index in [1.165, 1.54) is 17.4 Å². The molecule has 7 heteroatoms. The van der Waals surface area contributed by atoms with Gasteiger partial charge in [-0.05, 0) is 6.42 Å². The van der Waals surface area contributed by atoms with E-state index in [4.69, 9.17) is 0 Å². The van der Waals surface area contributed by atoms with Crippen molar-refractivity contribution in [1.29, 1.82) is 0 Å². The first-order chi connectivity index (χ1) is 9.58. The molecule has 1 rings (SSSR count). The van der Waals surface area contributed by atoms with Gasteiger partial charge in [0.25, 0.3) is 0 Å². The van der Waals surface area contributed by atoms with Crippen molar-refractivity contribution in [2.45, 2.75) is 25.8 Å². The zero-order chi connectivity index (χ0) is 15.0. The molecule has 7 nitrogen and oxygen atoms in total. The van der Waals surface area contributed by atoms with Gasteiger partial charge in [0.2, 0.25) is 0 Å². The van der Waals surface area contributed by atoms with E-state index >= 15 is 0 Å². The van der Waals surface area contributed by atoms with Gasteiger partial charge < -0.3 is 20.3 Å². The number of amides is 2. The highest BCUT2D eigenvalue weighted by atomic mass is 16.4. The second-order valence-electron chi connectivity index (χ2n) is 4.36. The molecule has 0 bridgehead atoms. The number of hydrogen-bond acceptors (Lipinski definition) is 3. The van der Waals surface area contributed by atoms with Crippen molar-refractivity contribution in [3.05, 3.63) is 30.9 Å². The first-order valence-corrected chi connectivity index (χ1v) is 6.44. The van der Waals surface area contributed by atoms with E-state index in [9.17, 15) is 14.7 Å². The summed E-state index contributed by atoms with van der Waals surface area (Å²) in [6.45, 7) is 6.47. The summed E-state index contributed by atoms with van der Waals surface area (Å²) in [5.74, 6) is -1.08. The zero-order valence-corrected chi connectivity index (χ0v) is 11.5. The van der Waals surface area contributed by atoms with Crippen LogP contribution in [-0.2, 0) is 11.2 Å². The Labute approximate surface area is 117 Å². The molecule has 0 aliphatic rings. The first-order valence-electron chi connectivity index (χ1n) is 6.44. The number of aromatic amines is 1. The Morgan fingerprint density at radius 2 is 2.40 bits per heavy atom. The van der Waals surface area contributed by atoms with Crippen LogP contribution in [0.4, 0.5) is 4.79 Å². The van der Waals surface area contributed by atoms with Crippen molar-refractivity contribution < 1.29 is 14.7 Å². The number of aromatic nitrogens is 2. The maximum Gasteiger partial charge on any atom is 0.326 e. The van der Waals surface area contributed by atoms with Crippen molar-refractivity contribution in [3.8, 4) is 0 Å². The van der Waals surface area contributed by atoms with Gasteiger partial charge in [-0.1, -0.05) is 13.0 Å². The molecule has 0 spiro atoms. The summed E-state index contributed by atoms with van der Waals surface area (Å²) in [6, 6.07) is -1.40. The van der Waals surface area contributed by atoms with Crippen molar-refractivity contribution in [1.82, 2.24) is 20.2 Å². The van der Waals surface area contributed by atoms with Gasteiger partial charge in [0, 0.05) is 31.4 Å². The molecule has 1 atom stereocenters. The summed E-state index contributed by atoms with van der Waals surface area (Å²) in [5, 5.41) is 11.7. The van der Waals surface area contributed by atoms with Gasteiger partial charge in [-0.2, -0.15) is 0 Å². The number of nitrogens with zero attached hydrogens (tertiary/aromatic N) is 2. The monoisotopic (exact) mass is 280 g/mol. The molecule has 0 unspecified atom stereocenters. The predicted molar refractivity (Wildman–Crippen MR) is 74.3 cm³/mol. The Hall–Kier alpha value is -2.31. The topological polar surface area (TPSA) is 98.3 Å². The minimum absolute atomic E-state index is 0.162. The number of nitrogens with one attached hydrogen (secondary N) is 2. The fraction of sp³-hybridized carbons (Fsp3) is 0.462. The largest absolute Gasteiger partial charge is 0.480 e. The molecule has 110 valence electrons. The molecule has 20 heavy (non-hydrogen) atoms. The van der Waals surface area contributed by atoms with Crippen molar-refractivity contribution in [2.75, 3.05) is 13.1 Å². The van der Waals surface area contributed by atoms with Crippen molar-refractivity contribution in [2.24, 2.45) is 0 Å². The number of carboxylic acid groups (broad SMARTS) is 1.